The fraction of sp³-hybridized carbons (Fsp3) is 0.345. The standard InChI is InChI=1S/C29H30ClFN2O3/c1-17(12-27(34)35)23-8-5-9-26(18(23)2)33-29(36)28(19-6-3-4-7-19)20-10-11-24(25(31)14-20)21-13-22(30)16-32-15-21/h5,8-11,13-17,19,28H,3-4,6-7,12H2,1-2H3,(H,33,36)(H,34,35)/t17-,28+/m1/s1. The minimum atomic E-state index is -0.864. The van der Waals surface area contributed by atoms with E-state index in [0.29, 0.717) is 27.4 Å². The van der Waals surface area contributed by atoms with Crippen LogP contribution in [0.1, 0.15) is 67.6 Å². The number of halogens is 2. The molecule has 5 nitrogen and oxygen atoms in total. The van der Waals surface area contributed by atoms with Gasteiger partial charge in [-0.1, -0.05) is 55.6 Å². The van der Waals surface area contributed by atoms with Gasteiger partial charge in [0.25, 0.3) is 0 Å². The second-order valence-electron chi connectivity index (χ2n) is 9.66. The molecule has 4 rings (SSSR count). The van der Waals surface area contributed by atoms with Gasteiger partial charge in [-0.2, -0.15) is 0 Å². The smallest absolute Gasteiger partial charge is 0.303 e. The molecular formula is C29H30ClFN2O3. The molecule has 1 aromatic heterocycles. The number of hydrogen-bond donors (Lipinski definition) is 2. The second kappa shape index (κ2) is 11.2. The van der Waals surface area contributed by atoms with Gasteiger partial charge in [-0.15, -0.1) is 0 Å². The predicted octanol–water partition coefficient (Wildman–Crippen LogP) is 7.34. The van der Waals surface area contributed by atoms with Crippen LogP contribution in [0, 0.1) is 18.7 Å². The third-order valence-corrected chi connectivity index (χ3v) is 7.37. The summed E-state index contributed by atoms with van der Waals surface area (Å²) in [6.07, 6.45) is 6.98. The maximum absolute atomic E-state index is 15.3. The van der Waals surface area contributed by atoms with E-state index in [9.17, 15) is 14.7 Å². The lowest BCUT2D eigenvalue weighted by molar-refractivity contribution is -0.137. The van der Waals surface area contributed by atoms with Crippen molar-refractivity contribution in [2.24, 2.45) is 5.92 Å². The van der Waals surface area contributed by atoms with Crippen LogP contribution >= 0.6 is 11.6 Å². The highest BCUT2D eigenvalue weighted by Crippen LogP contribution is 2.40. The van der Waals surface area contributed by atoms with Gasteiger partial charge in [0, 0.05) is 29.2 Å². The second-order valence-corrected chi connectivity index (χ2v) is 10.1. The van der Waals surface area contributed by atoms with Gasteiger partial charge in [0.15, 0.2) is 0 Å². The zero-order valence-corrected chi connectivity index (χ0v) is 21.2. The van der Waals surface area contributed by atoms with Crippen LogP contribution in [0.2, 0.25) is 5.02 Å². The predicted molar refractivity (Wildman–Crippen MR) is 140 cm³/mol. The number of rotatable bonds is 8. The van der Waals surface area contributed by atoms with Crippen molar-refractivity contribution < 1.29 is 19.1 Å². The molecule has 7 heteroatoms. The number of hydrogen-bond acceptors (Lipinski definition) is 3. The molecule has 0 spiro atoms. The lowest BCUT2D eigenvalue weighted by atomic mass is 9.83. The van der Waals surface area contributed by atoms with Gasteiger partial charge in [-0.05, 0) is 66.5 Å². The number of carbonyl (C=O) groups excluding carboxylic acids is 1. The fourth-order valence-corrected chi connectivity index (χ4v) is 5.53. The van der Waals surface area contributed by atoms with E-state index in [0.717, 1.165) is 36.8 Å². The number of carbonyl (C=O) groups is 2. The summed E-state index contributed by atoms with van der Waals surface area (Å²) in [6, 6.07) is 12.2. The Morgan fingerprint density at radius 2 is 1.92 bits per heavy atom. The summed E-state index contributed by atoms with van der Waals surface area (Å²) in [5.41, 5.74) is 3.99. The van der Waals surface area contributed by atoms with Crippen molar-refractivity contribution >= 4 is 29.2 Å². The van der Waals surface area contributed by atoms with Crippen LogP contribution in [0.15, 0.2) is 54.9 Å². The molecule has 1 heterocycles. The first-order valence-electron chi connectivity index (χ1n) is 12.3. The van der Waals surface area contributed by atoms with Crippen molar-refractivity contribution in [1.82, 2.24) is 4.98 Å². The van der Waals surface area contributed by atoms with E-state index in [1.807, 2.05) is 38.1 Å². The van der Waals surface area contributed by atoms with E-state index in [2.05, 4.69) is 10.3 Å². The monoisotopic (exact) mass is 508 g/mol. The largest absolute Gasteiger partial charge is 0.481 e. The first kappa shape index (κ1) is 25.8. The highest BCUT2D eigenvalue weighted by molar-refractivity contribution is 6.30. The Hall–Kier alpha value is -3.25. The number of nitrogens with zero attached hydrogens (tertiary/aromatic N) is 1. The van der Waals surface area contributed by atoms with Gasteiger partial charge in [-0.3, -0.25) is 14.6 Å². The fourth-order valence-electron chi connectivity index (χ4n) is 5.35. The summed E-state index contributed by atoms with van der Waals surface area (Å²) < 4.78 is 15.3. The SMILES string of the molecule is Cc1c(NC(=O)[C@H](c2ccc(-c3cncc(Cl)c3)c(F)c2)C2CCCC2)cccc1[C@H](C)CC(=O)O. The summed E-state index contributed by atoms with van der Waals surface area (Å²) >= 11 is 6.03. The number of carboxylic acids is 1. The van der Waals surface area contributed by atoms with Gasteiger partial charge in [0.1, 0.15) is 5.82 Å². The third-order valence-electron chi connectivity index (χ3n) is 7.17. The highest BCUT2D eigenvalue weighted by atomic mass is 35.5. The summed E-state index contributed by atoms with van der Waals surface area (Å²) in [6.45, 7) is 3.75. The molecule has 0 bridgehead atoms. The lowest BCUT2D eigenvalue weighted by Gasteiger charge is -2.25. The summed E-state index contributed by atoms with van der Waals surface area (Å²) in [5.74, 6) is -2.02. The Kier molecular flexibility index (Phi) is 8.04. The van der Waals surface area contributed by atoms with Crippen molar-refractivity contribution in [3.05, 3.63) is 82.4 Å². The van der Waals surface area contributed by atoms with Gasteiger partial charge < -0.3 is 10.4 Å². The summed E-state index contributed by atoms with van der Waals surface area (Å²) in [4.78, 5) is 28.9. The Bertz CT molecular complexity index is 1270. The minimum absolute atomic E-state index is 0.0106. The average molecular weight is 509 g/mol. The number of carboxylic acid groups (broad SMARTS) is 1. The van der Waals surface area contributed by atoms with Crippen molar-refractivity contribution in [2.75, 3.05) is 5.32 Å². The van der Waals surface area contributed by atoms with Crippen LogP contribution in [0.25, 0.3) is 11.1 Å². The topological polar surface area (TPSA) is 79.3 Å². The lowest BCUT2D eigenvalue weighted by Crippen LogP contribution is -2.27. The molecule has 1 aliphatic carbocycles. The Labute approximate surface area is 215 Å². The molecule has 2 aromatic carbocycles. The van der Waals surface area contributed by atoms with E-state index in [1.165, 1.54) is 12.3 Å². The van der Waals surface area contributed by atoms with Crippen molar-refractivity contribution in [3.8, 4) is 11.1 Å². The molecule has 1 aliphatic rings. The maximum atomic E-state index is 15.3. The van der Waals surface area contributed by atoms with Gasteiger partial charge >= 0.3 is 5.97 Å². The number of benzene rings is 2. The zero-order valence-electron chi connectivity index (χ0n) is 20.4. The molecule has 2 N–H and O–H groups in total. The Morgan fingerprint density at radius 1 is 1.17 bits per heavy atom. The first-order chi connectivity index (χ1) is 17.2. The molecule has 1 amide bonds. The highest BCUT2D eigenvalue weighted by Gasteiger charge is 2.33. The molecule has 0 saturated heterocycles. The molecule has 0 unspecified atom stereocenters. The number of nitrogens with one attached hydrogen (secondary N) is 1. The van der Waals surface area contributed by atoms with Crippen molar-refractivity contribution in [3.63, 3.8) is 0 Å². The minimum Gasteiger partial charge on any atom is -0.481 e. The molecule has 3 aromatic rings. The zero-order chi connectivity index (χ0) is 25.8. The quantitative estimate of drug-likeness (QED) is 0.333. The normalized spacial score (nSPS) is 15.4. The van der Waals surface area contributed by atoms with Crippen LogP contribution < -0.4 is 5.32 Å². The summed E-state index contributed by atoms with van der Waals surface area (Å²) in [5, 5.41) is 12.7. The van der Waals surface area contributed by atoms with Gasteiger partial charge in [0.05, 0.1) is 17.4 Å². The van der Waals surface area contributed by atoms with Crippen LogP contribution in [-0.4, -0.2) is 22.0 Å². The van der Waals surface area contributed by atoms with Crippen LogP contribution in [0.5, 0.6) is 0 Å². The number of aromatic nitrogens is 1. The molecule has 36 heavy (non-hydrogen) atoms. The molecule has 1 fully saturated rings. The number of anilines is 1. The molecular weight excluding hydrogens is 479 g/mol. The molecule has 2 atom stereocenters. The summed E-state index contributed by atoms with van der Waals surface area (Å²) in [7, 11) is 0. The van der Waals surface area contributed by atoms with Crippen LogP contribution in [0.3, 0.4) is 0 Å². The van der Waals surface area contributed by atoms with E-state index in [4.69, 9.17) is 11.6 Å². The number of aliphatic carboxylic acids is 1. The van der Waals surface area contributed by atoms with E-state index in [-0.39, 0.29) is 24.2 Å². The van der Waals surface area contributed by atoms with Crippen molar-refractivity contribution in [2.45, 2.75) is 57.8 Å². The number of pyridine rings is 1. The molecule has 188 valence electrons. The molecule has 0 radical (unpaired) electrons. The molecule has 1 saturated carbocycles. The Balaban J connectivity index is 1.64. The van der Waals surface area contributed by atoms with E-state index in [1.54, 1.807) is 18.3 Å². The van der Waals surface area contributed by atoms with Crippen molar-refractivity contribution in [1.29, 1.82) is 0 Å². The van der Waals surface area contributed by atoms with E-state index < -0.39 is 17.7 Å². The number of amides is 1. The molecule has 0 aliphatic heterocycles. The van der Waals surface area contributed by atoms with E-state index >= 15 is 4.39 Å². The van der Waals surface area contributed by atoms with Gasteiger partial charge in [-0.25, -0.2) is 4.39 Å². The third kappa shape index (κ3) is 5.76. The Morgan fingerprint density at radius 3 is 2.58 bits per heavy atom. The van der Waals surface area contributed by atoms with Crippen LogP contribution in [-0.2, 0) is 9.59 Å². The van der Waals surface area contributed by atoms with Crippen LogP contribution in [0.4, 0.5) is 10.1 Å². The van der Waals surface area contributed by atoms with Gasteiger partial charge in [0.2, 0.25) is 5.91 Å². The maximum Gasteiger partial charge on any atom is 0.303 e. The first-order valence-corrected chi connectivity index (χ1v) is 12.6. The average Bonchev–Trinajstić information content (AvgIpc) is 3.34.